The third-order valence-electron chi connectivity index (χ3n) is 3.39. The van der Waals surface area contributed by atoms with E-state index in [1.165, 1.54) is 0 Å². The van der Waals surface area contributed by atoms with E-state index >= 15 is 0 Å². The van der Waals surface area contributed by atoms with Crippen LogP contribution in [0.3, 0.4) is 0 Å². The second-order valence-corrected chi connectivity index (χ2v) is 7.82. The van der Waals surface area contributed by atoms with Crippen molar-refractivity contribution in [2.75, 3.05) is 18.8 Å². The van der Waals surface area contributed by atoms with Crippen LogP contribution >= 0.6 is 35.0 Å². The van der Waals surface area contributed by atoms with E-state index in [0.29, 0.717) is 21.2 Å². The highest BCUT2D eigenvalue weighted by Gasteiger charge is 2.27. The molecule has 1 heterocycles. The zero-order valence-electron chi connectivity index (χ0n) is 11.9. The fourth-order valence-electron chi connectivity index (χ4n) is 2.28. The van der Waals surface area contributed by atoms with Crippen LogP contribution in [0.4, 0.5) is 0 Å². The fourth-order valence-corrected chi connectivity index (χ4v) is 3.65. The van der Waals surface area contributed by atoms with Crippen molar-refractivity contribution in [1.82, 2.24) is 5.32 Å². The number of halogens is 2. The third kappa shape index (κ3) is 4.73. The highest BCUT2D eigenvalue weighted by atomic mass is 35.5. The monoisotopic (exact) mass is 333 g/mol. The molecule has 0 aromatic heterocycles. The van der Waals surface area contributed by atoms with Gasteiger partial charge in [0.2, 0.25) is 0 Å². The standard InChI is InChI=1S/C15H21Cl2NOS/c1-10(2)20-9-15(11-5-6-18-8-11)19-14-4-3-12(16)7-13(14)17/h3-4,7,10-11,15,18H,5-6,8-9H2,1-2H3/t11?,15-/m1/s1. The maximum atomic E-state index is 6.21. The summed E-state index contributed by atoms with van der Waals surface area (Å²) in [5.41, 5.74) is 0. The van der Waals surface area contributed by atoms with Gasteiger partial charge in [0.1, 0.15) is 11.9 Å². The van der Waals surface area contributed by atoms with Crippen molar-refractivity contribution in [1.29, 1.82) is 0 Å². The molecule has 2 atom stereocenters. The Bertz CT molecular complexity index is 436. The smallest absolute Gasteiger partial charge is 0.138 e. The molecule has 1 aliphatic heterocycles. The summed E-state index contributed by atoms with van der Waals surface area (Å²) in [4.78, 5) is 0. The Labute approximate surface area is 135 Å². The number of hydrogen-bond acceptors (Lipinski definition) is 3. The van der Waals surface area contributed by atoms with Crippen LogP contribution in [0.2, 0.25) is 10.0 Å². The Morgan fingerprint density at radius 3 is 2.80 bits per heavy atom. The van der Waals surface area contributed by atoms with Crippen molar-refractivity contribution >= 4 is 35.0 Å². The average Bonchev–Trinajstić information content (AvgIpc) is 2.90. The van der Waals surface area contributed by atoms with E-state index in [1.54, 1.807) is 6.07 Å². The number of rotatable bonds is 6. The number of nitrogens with one attached hydrogen (secondary N) is 1. The quantitative estimate of drug-likeness (QED) is 0.828. The molecule has 1 aromatic carbocycles. The zero-order valence-corrected chi connectivity index (χ0v) is 14.2. The largest absolute Gasteiger partial charge is 0.488 e. The molecule has 2 rings (SSSR count). The molecule has 0 amide bonds. The first-order chi connectivity index (χ1) is 9.56. The SMILES string of the molecule is CC(C)SC[C@@H](Oc1ccc(Cl)cc1Cl)C1CCNC1. The van der Waals surface area contributed by atoms with E-state index in [0.717, 1.165) is 31.0 Å². The van der Waals surface area contributed by atoms with E-state index in [9.17, 15) is 0 Å². The van der Waals surface area contributed by atoms with Gasteiger partial charge in [0.05, 0.1) is 5.02 Å². The van der Waals surface area contributed by atoms with Gasteiger partial charge in [0, 0.05) is 23.2 Å². The summed E-state index contributed by atoms with van der Waals surface area (Å²) in [6, 6.07) is 5.42. The normalized spacial score (nSPS) is 20.4. The average molecular weight is 334 g/mol. The van der Waals surface area contributed by atoms with Gasteiger partial charge >= 0.3 is 0 Å². The molecule has 20 heavy (non-hydrogen) atoms. The van der Waals surface area contributed by atoms with E-state index < -0.39 is 0 Å². The van der Waals surface area contributed by atoms with Crippen LogP contribution in [-0.4, -0.2) is 30.2 Å². The van der Waals surface area contributed by atoms with Gasteiger partial charge in [-0.1, -0.05) is 37.0 Å². The molecule has 2 nitrogen and oxygen atoms in total. The number of hydrogen-bond donors (Lipinski definition) is 1. The molecule has 0 radical (unpaired) electrons. The first-order valence-electron chi connectivity index (χ1n) is 7.00. The fraction of sp³-hybridized carbons (Fsp3) is 0.600. The first kappa shape index (κ1) is 16.3. The predicted octanol–water partition coefficient (Wildman–Crippen LogP) is 4.49. The summed E-state index contributed by atoms with van der Waals surface area (Å²) in [5.74, 6) is 2.27. The van der Waals surface area contributed by atoms with Crippen LogP contribution in [0.25, 0.3) is 0 Å². The zero-order chi connectivity index (χ0) is 14.5. The molecule has 1 N–H and O–H groups in total. The highest BCUT2D eigenvalue weighted by molar-refractivity contribution is 7.99. The molecule has 1 unspecified atom stereocenters. The number of ether oxygens (including phenoxy) is 1. The molecule has 1 fully saturated rings. The molecule has 112 valence electrons. The van der Waals surface area contributed by atoms with Gasteiger partial charge in [-0.15, -0.1) is 0 Å². The van der Waals surface area contributed by atoms with E-state index in [1.807, 2.05) is 23.9 Å². The maximum Gasteiger partial charge on any atom is 0.138 e. The molecular formula is C15H21Cl2NOS. The van der Waals surface area contributed by atoms with Crippen LogP contribution in [0.5, 0.6) is 5.75 Å². The molecule has 0 spiro atoms. The minimum Gasteiger partial charge on any atom is -0.488 e. The lowest BCUT2D eigenvalue weighted by molar-refractivity contribution is 0.165. The Morgan fingerprint density at radius 2 is 2.20 bits per heavy atom. The Balaban J connectivity index is 2.05. The third-order valence-corrected chi connectivity index (χ3v) is 5.11. The number of benzene rings is 1. The predicted molar refractivity (Wildman–Crippen MR) is 89.4 cm³/mol. The first-order valence-corrected chi connectivity index (χ1v) is 8.80. The number of thioether (sulfide) groups is 1. The molecule has 1 aliphatic rings. The summed E-state index contributed by atoms with van der Waals surface area (Å²) >= 11 is 14.1. The lowest BCUT2D eigenvalue weighted by atomic mass is 10.0. The summed E-state index contributed by atoms with van der Waals surface area (Å²) < 4.78 is 6.18. The Hall–Kier alpha value is -0.0900. The van der Waals surface area contributed by atoms with Crippen LogP contribution in [-0.2, 0) is 0 Å². The second-order valence-electron chi connectivity index (χ2n) is 5.37. The van der Waals surface area contributed by atoms with Gasteiger partial charge in [-0.05, 0) is 36.4 Å². The van der Waals surface area contributed by atoms with Crippen molar-refractivity contribution < 1.29 is 4.74 Å². The summed E-state index contributed by atoms with van der Waals surface area (Å²) in [5, 5.41) is 5.24. The molecule has 0 bridgehead atoms. The van der Waals surface area contributed by atoms with E-state index in [4.69, 9.17) is 27.9 Å². The van der Waals surface area contributed by atoms with Gasteiger partial charge in [0.25, 0.3) is 0 Å². The molecule has 0 saturated carbocycles. The minimum atomic E-state index is 0.191. The van der Waals surface area contributed by atoms with Crippen molar-refractivity contribution in [3.8, 4) is 5.75 Å². The Morgan fingerprint density at radius 1 is 1.40 bits per heavy atom. The maximum absolute atomic E-state index is 6.21. The highest BCUT2D eigenvalue weighted by Crippen LogP contribution is 2.31. The van der Waals surface area contributed by atoms with E-state index in [-0.39, 0.29) is 6.10 Å². The van der Waals surface area contributed by atoms with Gasteiger partial charge in [-0.25, -0.2) is 0 Å². The van der Waals surface area contributed by atoms with Gasteiger partial charge in [-0.3, -0.25) is 0 Å². The van der Waals surface area contributed by atoms with Crippen molar-refractivity contribution in [3.63, 3.8) is 0 Å². The molecule has 1 saturated heterocycles. The van der Waals surface area contributed by atoms with Gasteiger partial charge < -0.3 is 10.1 Å². The van der Waals surface area contributed by atoms with Crippen molar-refractivity contribution in [3.05, 3.63) is 28.2 Å². The van der Waals surface area contributed by atoms with Gasteiger partial charge in [-0.2, -0.15) is 11.8 Å². The van der Waals surface area contributed by atoms with Crippen LogP contribution in [0.15, 0.2) is 18.2 Å². The molecule has 0 aliphatic carbocycles. The molecule has 5 heteroatoms. The summed E-state index contributed by atoms with van der Waals surface area (Å²) in [6.45, 7) is 6.52. The molecular weight excluding hydrogens is 313 g/mol. The van der Waals surface area contributed by atoms with Crippen molar-refractivity contribution in [2.24, 2.45) is 5.92 Å². The lowest BCUT2D eigenvalue weighted by Crippen LogP contribution is -2.31. The van der Waals surface area contributed by atoms with Crippen LogP contribution < -0.4 is 10.1 Å². The van der Waals surface area contributed by atoms with Crippen molar-refractivity contribution in [2.45, 2.75) is 31.6 Å². The summed E-state index contributed by atoms with van der Waals surface area (Å²) in [7, 11) is 0. The van der Waals surface area contributed by atoms with E-state index in [2.05, 4.69) is 19.2 Å². The van der Waals surface area contributed by atoms with Crippen LogP contribution in [0, 0.1) is 5.92 Å². The van der Waals surface area contributed by atoms with Gasteiger partial charge in [0.15, 0.2) is 0 Å². The Kier molecular flexibility index (Phi) is 6.34. The summed E-state index contributed by atoms with van der Waals surface area (Å²) in [6.07, 6.45) is 1.35. The second kappa shape index (κ2) is 7.79. The molecule has 1 aromatic rings. The van der Waals surface area contributed by atoms with Crippen LogP contribution in [0.1, 0.15) is 20.3 Å². The lowest BCUT2D eigenvalue weighted by Gasteiger charge is -2.25. The topological polar surface area (TPSA) is 21.3 Å². The minimum absolute atomic E-state index is 0.191.